The van der Waals surface area contributed by atoms with E-state index in [1.807, 2.05) is 0 Å². The van der Waals surface area contributed by atoms with Crippen molar-refractivity contribution < 1.29 is 29.4 Å². The van der Waals surface area contributed by atoms with Crippen molar-refractivity contribution in [3.05, 3.63) is 0 Å². The van der Waals surface area contributed by atoms with Crippen LogP contribution in [-0.4, -0.2) is 82.7 Å². The van der Waals surface area contributed by atoms with Crippen LogP contribution in [-0.2, 0) is 19.2 Å². The number of aliphatic hydroxyl groups excluding tert-OH is 1. The molecule has 3 amide bonds. The van der Waals surface area contributed by atoms with Gasteiger partial charge in [-0.15, -0.1) is 0 Å². The number of nitrogens with one attached hydrogen (secondary N) is 3. The summed E-state index contributed by atoms with van der Waals surface area (Å²) in [5, 5.41) is 24.9. The first-order valence-corrected chi connectivity index (χ1v) is 9.90. The molecule has 0 aliphatic heterocycles. The zero-order valence-corrected chi connectivity index (χ0v) is 17.1. The molecule has 4 atom stereocenters. The highest BCUT2D eigenvalue weighted by atomic mass is 32.1. The smallest absolute Gasteiger partial charge is 0.328 e. The third kappa shape index (κ3) is 9.59. The Morgan fingerprint density at radius 3 is 1.86 bits per heavy atom. The molecule has 162 valence electrons. The van der Waals surface area contributed by atoms with E-state index in [-0.39, 0.29) is 17.9 Å². The van der Waals surface area contributed by atoms with Gasteiger partial charge in [0.25, 0.3) is 0 Å². The van der Waals surface area contributed by atoms with Crippen molar-refractivity contribution in [3.63, 3.8) is 0 Å². The number of hydrogen-bond acceptors (Lipinski definition) is 9. The van der Waals surface area contributed by atoms with Gasteiger partial charge in [-0.05, 0) is 25.8 Å². The Morgan fingerprint density at radius 1 is 0.857 bits per heavy atom. The van der Waals surface area contributed by atoms with Gasteiger partial charge in [0, 0.05) is 11.5 Å². The molecule has 0 saturated heterocycles. The highest BCUT2D eigenvalue weighted by Gasteiger charge is 2.29. The minimum Gasteiger partial charge on any atom is -0.480 e. The van der Waals surface area contributed by atoms with Crippen LogP contribution in [0.5, 0.6) is 0 Å². The molecule has 0 radical (unpaired) electrons. The number of aliphatic carboxylic acids is 1. The Balaban J connectivity index is 5.08. The third-order valence-electron chi connectivity index (χ3n) is 3.73. The van der Waals surface area contributed by atoms with Crippen molar-refractivity contribution in [1.82, 2.24) is 16.0 Å². The van der Waals surface area contributed by atoms with E-state index in [4.69, 9.17) is 21.7 Å². The second-order valence-electron chi connectivity index (χ2n) is 5.96. The van der Waals surface area contributed by atoms with E-state index >= 15 is 0 Å². The van der Waals surface area contributed by atoms with Crippen molar-refractivity contribution in [3.8, 4) is 0 Å². The Morgan fingerprint density at radius 2 is 1.39 bits per heavy atom. The standard InChI is InChI=1S/C15H29N5O6S2/c16-4-2-1-3-9(18-12(22)8(17)6-27)13(23)20-11(7-28)14(24)19-10(5-21)15(25)26/h8-11,21,27-28H,1-7,16-17H2,(H,18,22)(H,19,24)(H,20,23)(H,25,26)/t8-,9-,10-,11-/m0/s1. The molecule has 0 aliphatic carbocycles. The number of carbonyl (C=O) groups is 4. The van der Waals surface area contributed by atoms with Gasteiger partial charge in [-0.3, -0.25) is 14.4 Å². The fourth-order valence-corrected chi connectivity index (χ4v) is 2.47. The summed E-state index contributed by atoms with van der Waals surface area (Å²) in [6, 6.07) is -4.55. The number of rotatable bonds is 14. The van der Waals surface area contributed by atoms with Crippen LogP contribution in [0.4, 0.5) is 0 Å². The lowest BCUT2D eigenvalue weighted by Gasteiger charge is -2.24. The number of aliphatic hydroxyl groups is 1. The van der Waals surface area contributed by atoms with Gasteiger partial charge in [-0.2, -0.15) is 25.3 Å². The summed E-state index contributed by atoms with van der Waals surface area (Å²) < 4.78 is 0. The van der Waals surface area contributed by atoms with Crippen molar-refractivity contribution in [2.24, 2.45) is 11.5 Å². The molecule has 0 aromatic heterocycles. The van der Waals surface area contributed by atoms with Crippen LogP contribution in [0.3, 0.4) is 0 Å². The van der Waals surface area contributed by atoms with Gasteiger partial charge >= 0.3 is 5.97 Å². The number of amides is 3. The molecule has 9 N–H and O–H groups in total. The fourth-order valence-electron chi connectivity index (χ4n) is 2.05. The van der Waals surface area contributed by atoms with Crippen LogP contribution in [0, 0.1) is 0 Å². The lowest BCUT2D eigenvalue weighted by atomic mass is 10.1. The molecule has 13 heteroatoms. The third-order valence-corrected chi connectivity index (χ3v) is 4.48. The predicted octanol–water partition coefficient (Wildman–Crippen LogP) is -3.17. The predicted molar refractivity (Wildman–Crippen MR) is 109 cm³/mol. The van der Waals surface area contributed by atoms with Gasteiger partial charge in [0.15, 0.2) is 0 Å². The second kappa shape index (κ2) is 14.5. The SMILES string of the molecule is NCCCC[C@H](NC(=O)[C@@H](N)CS)C(=O)N[C@@H](CS)C(=O)N[C@@H](CO)C(=O)O. The Bertz CT molecular complexity index is 539. The van der Waals surface area contributed by atoms with Crippen LogP contribution in [0.15, 0.2) is 0 Å². The number of hydrogen-bond donors (Lipinski definition) is 9. The Kier molecular flexibility index (Phi) is 13.7. The molecule has 0 aromatic rings. The summed E-state index contributed by atoms with van der Waals surface area (Å²) in [6.07, 6.45) is 1.45. The summed E-state index contributed by atoms with van der Waals surface area (Å²) >= 11 is 7.92. The average molecular weight is 440 g/mol. The summed E-state index contributed by atoms with van der Waals surface area (Å²) in [4.78, 5) is 47.6. The molecule has 0 unspecified atom stereocenters. The minimum atomic E-state index is -1.51. The van der Waals surface area contributed by atoms with Crippen LogP contribution >= 0.6 is 25.3 Å². The van der Waals surface area contributed by atoms with E-state index in [0.29, 0.717) is 19.4 Å². The molecule has 0 bridgehead atoms. The van der Waals surface area contributed by atoms with Gasteiger partial charge in [-0.25, -0.2) is 4.79 Å². The molecular weight excluding hydrogens is 410 g/mol. The Labute approximate surface area is 174 Å². The zero-order chi connectivity index (χ0) is 21.7. The molecule has 0 saturated carbocycles. The monoisotopic (exact) mass is 439 g/mol. The normalized spacial score (nSPS) is 15.0. The van der Waals surface area contributed by atoms with Gasteiger partial charge < -0.3 is 37.6 Å². The van der Waals surface area contributed by atoms with E-state index in [1.54, 1.807) is 0 Å². The maximum absolute atomic E-state index is 12.6. The minimum absolute atomic E-state index is 0.0857. The summed E-state index contributed by atoms with van der Waals surface area (Å²) in [6.45, 7) is -0.397. The molecule has 0 heterocycles. The highest BCUT2D eigenvalue weighted by molar-refractivity contribution is 7.80. The van der Waals surface area contributed by atoms with Gasteiger partial charge in [0.1, 0.15) is 18.1 Å². The van der Waals surface area contributed by atoms with Crippen molar-refractivity contribution >= 4 is 48.9 Å². The van der Waals surface area contributed by atoms with E-state index in [2.05, 4.69) is 41.2 Å². The van der Waals surface area contributed by atoms with Gasteiger partial charge in [0.2, 0.25) is 17.7 Å². The van der Waals surface area contributed by atoms with E-state index in [0.717, 1.165) is 0 Å². The molecule has 0 aliphatic rings. The number of carboxylic acids is 1. The average Bonchev–Trinajstić information content (AvgIpc) is 2.67. The molecular formula is C15H29N5O6S2. The number of nitrogens with two attached hydrogens (primary N) is 2. The maximum atomic E-state index is 12.6. The molecule has 11 nitrogen and oxygen atoms in total. The number of carboxylic acid groups (broad SMARTS) is 1. The molecule has 0 spiro atoms. The first kappa shape index (κ1) is 26.5. The number of unbranched alkanes of at least 4 members (excludes halogenated alkanes) is 1. The molecule has 28 heavy (non-hydrogen) atoms. The van der Waals surface area contributed by atoms with E-state index in [9.17, 15) is 19.2 Å². The van der Waals surface area contributed by atoms with Gasteiger partial charge in [0.05, 0.1) is 12.6 Å². The summed E-state index contributed by atoms with van der Waals surface area (Å²) in [5.74, 6) is -3.52. The lowest BCUT2D eigenvalue weighted by molar-refractivity contribution is -0.143. The van der Waals surface area contributed by atoms with Crippen LogP contribution in [0.25, 0.3) is 0 Å². The molecule has 0 aromatic carbocycles. The van der Waals surface area contributed by atoms with Gasteiger partial charge in [-0.1, -0.05) is 0 Å². The van der Waals surface area contributed by atoms with Crippen molar-refractivity contribution in [2.75, 3.05) is 24.7 Å². The maximum Gasteiger partial charge on any atom is 0.328 e. The summed E-state index contributed by atoms with van der Waals surface area (Å²) in [5.41, 5.74) is 11.0. The molecule has 0 rings (SSSR count). The summed E-state index contributed by atoms with van der Waals surface area (Å²) in [7, 11) is 0. The second-order valence-corrected chi connectivity index (χ2v) is 6.69. The van der Waals surface area contributed by atoms with E-state index < -0.39 is 54.5 Å². The number of carbonyl (C=O) groups excluding carboxylic acids is 3. The first-order valence-electron chi connectivity index (χ1n) is 8.63. The largest absolute Gasteiger partial charge is 0.480 e. The highest BCUT2D eigenvalue weighted by Crippen LogP contribution is 2.03. The fraction of sp³-hybridized carbons (Fsp3) is 0.733. The van der Waals surface area contributed by atoms with E-state index in [1.165, 1.54) is 0 Å². The van der Waals surface area contributed by atoms with Crippen molar-refractivity contribution in [2.45, 2.75) is 43.4 Å². The van der Waals surface area contributed by atoms with Crippen LogP contribution < -0.4 is 27.4 Å². The molecule has 0 fully saturated rings. The van der Waals surface area contributed by atoms with Crippen LogP contribution in [0.1, 0.15) is 19.3 Å². The Hall–Kier alpha value is -1.54. The quantitative estimate of drug-likeness (QED) is 0.0997. The van der Waals surface area contributed by atoms with Crippen LogP contribution in [0.2, 0.25) is 0 Å². The number of thiol groups is 2. The zero-order valence-electron chi connectivity index (χ0n) is 15.3. The first-order chi connectivity index (χ1) is 13.2. The van der Waals surface area contributed by atoms with Crippen molar-refractivity contribution in [1.29, 1.82) is 0 Å². The lowest BCUT2D eigenvalue weighted by Crippen LogP contribution is -2.58. The topological polar surface area (TPSA) is 197 Å².